The number of rotatable bonds is 3. The minimum Gasteiger partial charge on any atom is -0.465 e. The number of esters is 1. The molecule has 1 fully saturated rings. The van der Waals surface area contributed by atoms with E-state index in [1.165, 1.54) is 7.11 Å². The van der Waals surface area contributed by atoms with Gasteiger partial charge in [-0.3, -0.25) is 0 Å². The van der Waals surface area contributed by atoms with Crippen LogP contribution in [0.4, 0.5) is 11.5 Å². The van der Waals surface area contributed by atoms with Crippen LogP contribution >= 0.6 is 0 Å². The molecule has 140 valence electrons. The molecule has 0 amide bonds. The highest BCUT2D eigenvalue weighted by atomic mass is 16.5. The minimum atomic E-state index is -0.439. The Morgan fingerprint density at radius 2 is 1.92 bits per heavy atom. The van der Waals surface area contributed by atoms with Crippen molar-refractivity contribution >= 4 is 28.4 Å². The number of nitrogen functional groups attached to an aromatic ring is 1. The van der Waals surface area contributed by atoms with Crippen molar-refractivity contribution in [2.45, 2.75) is 45.2 Å². The Kier molecular flexibility index (Phi) is 5.05. The Hall–Kier alpha value is -2.34. The van der Waals surface area contributed by atoms with E-state index in [4.69, 9.17) is 10.5 Å². The van der Waals surface area contributed by atoms with Crippen molar-refractivity contribution in [2.24, 2.45) is 0 Å². The van der Waals surface area contributed by atoms with Gasteiger partial charge in [0, 0.05) is 30.1 Å². The summed E-state index contributed by atoms with van der Waals surface area (Å²) in [4.78, 5) is 19.1. The molecule has 1 aliphatic rings. The zero-order chi connectivity index (χ0) is 18.9. The molecule has 0 spiro atoms. The normalized spacial score (nSPS) is 16.1. The Labute approximate surface area is 154 Å². The number of hydrogen-bond donors (Lipinski definition) is 2. The van der Waals surface area contributed by atoms with Crippen LogP contribution in [0.2, 0.25) is 0 Å². The van der Waals surface area contributed by atoms with Crippen LogP contribution in [-0.2, 0) is 4.74 Å². The summed E-state index contributed by atoms with van der Waals surface area (Å²) < 4.78 is 4.99. The number of carbonyl (C=O) groups excluding carboxylic acids is 1. The summed E-state index contributed by atoms with van der Waals surface area (Å²) in [5.41, 5.74) is 8.23. The van der Waals surface area contributed by atoms with Crippen molar-refractivity contribution < 1.29 is 9.53 Å². The number of hydrogen-bond acceptors (Lipinski definition) is 6. The molecule has 1 aromatic heterocycles. The van der Waals surface area contributed by atoms with Gasteiger partial charge in [-0.1, -0.05) is 18.2 Å². The van der Waals surface area contributed by atoms with Gasteiger partial charge in [0.25, 0.3) is 0 Å². The number of nitrogens with zero attached hydrogens (tertiary/aromatic N) is 2. The fraction of sp³-hybridized carbons (Fsp3) is 0.500. The third kappa shape index (κ3) is 3.75. The lowest BCUT2D eigenvalue weighted by atomic mass is 9.98. The molecule has 6 heteroatoms. The zero-order valence-corrected chi connectivity index (χ0v) is 16.0. The number of aromatic nitrogens is 1. The first-order valence-corrected chi connectivity index (χ1v) is 9.09. The number of benzene rings is 1. The molecule has 2 aromatic rings. The molecule has 3 rings (SSSR count). The highest BCUT2D eigenvalue weighted by molar-refractivity contribution is 6.09. The van der Waals surface area contributed by atoms with Gasteiger partial charge in [0.05, 0.1) is 18.3 Å². The van der Waals surface area contributed by atoms with E-state index in [0.717, 1.165) is 42.5 Å². The number of piperidine rings is 1. The van der Waals surface area contributed by atoms with Crippen LogP contribution in [-0.4, -0.2) is 42.7 Å². The van der Waals surface area contributed by atoms with Gasteiger partial charge in [-0.2, -0.15) is 0 Å². The molecule has 6 nitrogen and oxygen atoms in total. The molecule has 3 N–H and O–H groups in total. The second-order valence-electron chi connectivity index (χ2n) is 7.89. The number of ether oxygens (including phenoxy) is 1. The van der Waals surface area contributed by atoms with Crippen molar-refractivity contribution in [2.75, 3.05) is 30.8 Å². The van der Waals surface area contributed by atoms with Crippen LogP contribution < -0.4 is 16.0 Å². The van der Waals surface area contributed by atoms with E-state index in [0.29, 0.717) is 11.6 Å². The summed E-state index contributed by atoms with van der Waals surface area (Å²) in [6.45, 7) is 8.26. The third-order valence-corrected chi connectivity index (χ3v) is 4.73. The quantitative estimate of drug-likeness (QED) is 0.823. The lowest BCUT2D eigenvalue weighted by molar-refractivity contribution is 0.0602. The summed E-state index contributed by atoms with van der Waals surface area (Å²) >= 11 is 0. The lowest BCUT2D eigenvalue weighted by Gasteiger charge is -2.38. The van der Waals surface area contributed by atoms with Crippen LogP contribution in [0.25, 0.3) is 10.9 Å². The van der Waals surface area contributed by atoms with E-state index in [2.05, 4.69) is 36.0 Å². The first kappa shape index (κ1) is 18.5. The Morgan fingerprint density at radius 3 is 2.54 bits per heavy atom. The molecule has 1 saturated heterocycles. The molecule has 0 atom stereocenters. The van der Waals surface area contributed by atoms with Crippen molar-refractivity contribution in [3.8, 4) is 0 Å². The minimum absolute atomic E-state index is 0.0950. The Bertz CT molecular complexity index is 805. The highest BCUT2D eigenvalue weighted by Gasteiger charge is 2.28. The predicted molar refractivity (Wildman–Crippen MR) is 106 cm³/mol. The van der Waals surface area contributed by atoms with Crippen LogP contribution in [0.15, 0.2) is 24.3 Å². The van der Waals surface area contributed by atoms with Crippen molar-refractivity contribution in [1.82, 2.24) is 10.3 Å². The van der Waals surface area contributed by atoms with E-state index < -0.39 is 5.97 Å². The van der Waals surface area contributed by atoms with E-state index in [-0.39, 0.29) is 11.4 Å². The number of carbonyl (C=O) groups is 1. The van der Waals surface area contributed by atoms with Gasteiger partial charge < -0.3 is 20.7 Å². The smallest absolute Gasteiger partial charge is 0.343 e. The fourth-order valence-electron chi connectivity index (χ4n) is 3.70. The molecular weight excluding hydrogens is 328 g/mol. The highest BCUT2D eigenvalue weighted by Crippen LogP contribution is 2.35. The van der Waals surface area contributed by atoms with E-state index in [1.54, 1.807) is 0 Å². The number of nitrogens with two attached hydrogens (primary N) is 1. The molecule has 1 aliphatic heterocycles. The molecule has 1 aromatic carbocycles. The largest absolute Gasteiger partial charge is 0.465 e. The summed E-state index contributed by atoms with van der Waals surface area (Å²) in [5, 5.41) is 4.61. The second kappa shape index (κ2) is 7.11. The Morgan fingerprint density at radius 1 is 1.27 bits per heavy atom. The van der Waals surface area contributed by atoms with Crippen molar-refractivity contribution in [3.05, 3.63) is 29.8 Å². The fourth-order valence-corrected chi connectivity index (χ4v) is 3.70. The number of anilines is 2. The third-order valence-electron chi connectivity index (χ3n) is 4.73. The molecule has 0 radical (unpaired) electrons. The molecule has 0 aliphatic carbocycles. The molecular formula is C20H28N4O2. The molecule has 2 heterocycles. The van der Waals surface area contributed by atoms with Crippen LogP contribution in [0.1, 0.15) is 44.0 Å². The summed E-state index contributed by atoms with van der Waals surface area (Å²) in [6.07, 6.45) is 2.02. The van der Waals surface area contributed by atoms with Crippen molar-refractivity contribution in [3.63, 3.8) is 0 Å². The van der Waals surface area contributed by atoms with Crippen LogP contribution in [0.3, 0.4) is 0 Å². The Balaban J connectivity index is 1.98. The SMILES string of the molecule is COC(=O)c1c(N)nc2ccccc2c1N1CCC(NC(C)(C)C)CC1. The summed E-state index contributed by atoms with van der Waals surface area (Å²) in [6, 6.07) is 8.26. The van der Waals surface area contributed by atoms with Gasteiger partial charge >= 0.3 is 5.97 Å². The van der Waals surface area contributed by atoms with Gasteiger partial charge in [-0.05, 0) is 39.7 Å². The monoisotopic (exact) mass is 356 g/mol. The number of methoxy groups -OCH3 is 1. The maximum Gasteiger partial charge on any atom is 0.343 e. The predicted octanol–water partition coefficient (Wildman–Crippen LogP) is 2.96. The zero-order valence-electron chi connectivity index (χ0n) is 16.0. The van der Waals surface area contributed by atoms with E-state index in [9.17, 15) is 4.79 Å². The lowest BCUT2D eigenvalue weighted by Crippen LogP contribution is -2.49. The number of pyridine rings is 1. The first-order chi connectivity index (χ1) is 12.3. The number of para-hydroxylation sites is 1. The standard InChI is InChI=1S/C20H28N4O2/c1-20(2,3)23-13-9-11-24(12-10-13)17-14-7-5-6-8-15(14)22-18(21)16(17)19(25)26-4/h5-8,13,23H,9-12H2,1-4H3,(H2,21,22). The van der Waals surface area contributed by atoms with Gasteiger partial charge in [0.1, 0.15) is 11.4 Å². The molecule has 0 unspecified atom stereocenters. The van der Waals surface area contributed by atoms with E-state index in [1.807, 2.05) is 24.3 Å². The summed E-state index contributed by atoms with van der Waals surface area (Å²) in [7, 11) is 1.38. The molecule has 0 bridgehead atoms. The van der Waals surface area contributed by atoms with Gasteiger partial charge in [-0.15, -0.1) is 0 Å². The van der Waals surface area contributed by atoms with Crippen LogP contribution in [0, 0.1) is 0 Å². The maximum atomic E-state index is 12.4. The van der Waals surface area contributed by atoms with Crippen LogP contribution in [0.5, 0.6) is 0 Å². The molecule has 0 saturated carbocycles. The number of nitrogens with one attached hydrogen (secondary N) is 1. The van der Waals surface area contributed by atoms with Gasteiger partial charge in [-0.25, -0.2) is 9.78 Å². The van der Waals surface area contributed by atoms with Crippen molar-refractivity contribution in [1.29, 1.82) is 0 Å². The number of fused-ring (bicyclic) bond motifs is 1. The topological polar surface area (TPSA) is 80.5 Å². The first-order valence-electron chi connectivity index (χ1n) is 9.09. The van der Waals surface area contributed by atoms with E-state index >= 15 is 0 Å². The molecule has 26 heavy (non-hydrogen) atoms. The second-order valence-corrected chi connectivity index (χ2v) is 7.89. The maximum absolute atomic E-state index is 12.4. The van der Waals surface area contributed by atoms with Gasteiger partial charge in [0.2, 0.25) is 0 Å². The summed E-state index contributed by atoms with van der Waals surface area (Å²) in [5.74, 6) is -0.216. The average Bonchev–Trinajstić information content (AvgIpc) is 2.59. The van der Waals surface area contributed by atoms with Gasteiger partial charge in [0.15, 0.2) is 0 Å². The average molecular weight is 356 g/mol.